The van der Waals surface area contributed by atoms with Gasteiger partial charge in [0, 0.05) is 22.5 Å². The number of allylic oxidation sites excluding steroid dienone is 4. The third-order valence-corrected chi connectivity index (χ3v) is 9.79. The van der Waals surface area contributed by atoms with Crippen molar-refractivity contribution in [2.75, 3.05) is 0 Å². The third kappa shape index (κ3) is 2.00. The van der Waals surface area contributed by atoms with Crippen molar-refractivity contribution in [3.63, 3.8) is 0 Å². The number of rotatable bonds is 1. The standard InChI is InChI=1S/C25H28O7/c1-22(2)14(26)6-7-23(3)12-5-8-24(4)13(11-9-16(27)31-21(11)30)10-15-25(24,32-15)17(12)18(28)19(29)20(22)23/h6-7,9,12-13,15,17,21,29-30H,5,8,10H2,1-4H3. The highest BCUT2D eigenvalue weighted by Gasteiger charge is 2.83. The van der Waals surface area contributed by atoms with E-state index in [1.165, 1.54) is 6.08 Å². The molecule has 1 spiro atoms. The summed E-state index contributed by atoms with van der Waals surface area (Å²) in [5.74, 6) is -2.11. The molecule has 6 rings (SSSR count). The molecule has 0 aromatic carbocycles. The fraction of sp³-hybridized carbons (Fsp3) is 0.640. The Kier molecular flexibility index (Phi) is 3.58. The van der Waals surface area contributed by atoms with Crippen LogP contribution in [0.25, 0.3) is 0 Å². The fourth-order valence-electron chi connectivity index (χ4n) is 8.28. The minimum Gasteiger partial charge on any atom is -0.504 e. The molecule has 0 aromatic rings. The maximum Gasteiger partial charge on any atom is 0.333 e. The lowest BCUT2D eigenvalue weighted by Crippen LogP contribution is -2.61. The van der Waals surface area contributed by atoms with Gasteiger partial charge < -0.3 is 19.7 Å². The van der Waals surface area contributed by atoms with Crippen LogP contribution in [-0.4, -0.2) is 45.7 Å². The maximum absolute atomic E-state index is 13.7. The van der Waals surface area contributed by atoms with Crippen molar-refractivity contribution < 1.29 is 34.1 Å². The highest BCUT2D eigenvalue weighted by atomic mass is 16.6. The molecule has 0 bridgehead atoms. The number of hydrogen-bond acceptors (Lipinski definition) is 7. The smallest absolute Gasteiger partial charge is 0.333 e. The Morgan fingerprint density at radius 3 is 2.50 bits per heavy atom. The fourth-order valence-corrected chi connectivity index (χ4v) is 8.28. The molecule has 7 heteroatoms. The van der Waals surface area contributed by atoms with Gasteiger partial charge in [-0.25, -0.2) is 4.79 Å². The predicted molar refractivity (Wildman–Crippen MR) is 111 cm³/mol. The Hall–Kier alpha value is -2.25. The molecule has 1 saturated heterocycles. The number of ketones is 2. The van der Waals surface area contributed by atoms with Gasteiger partial charge in [0.25, 0.3) is 0 Å². The molecule has 0 aromatic heterocycles. The average molecular weight is 440 g/mol. The molecule has 6 aliphatic rings. The van der Waals surface area contributed by atoms with E-state index in [0.29, 0.717) is 24.0 Å². The first kappa shape index (κ1) is 20.4. The molecular weight excluding hydrogens is 412 g/mol. The molecule has 0 radical (unpaired) electrons. The number of fused-ring (bicyclic) bond motifs is 3. The van der Waals surface area contributed by atoms with E-state index in [1.807, 2.05) is 13.0 Å². The van der Waals surface area contributed by atoms with Gasteiger partial charge in [-0.05, 0) is 56.6 Å². The molecule has 0 amide bonds. The summed E-state index contributed by atoms with van der Waals surface area (Å²) in [6, 6.07) is 0. The molecule has 2 N–H and O–H groups in total. The largest absolute Gasteiger partial charge is 0.504 e. The summed E-state index contributed by atoms with van der Waals surface area (Å²) in [5, 5.41) is 21.5. The molecule has 32 heavy (non-hydrogen) atoms. The Bertz CT molecular complexity index is 1100. The quantitative estimate of drug-likeness (QED) is 0.476. The van der Waals surface area contributed by atoms with Crippen LogP contribution in [0.3, 0.4) is 0 Å². The first-order valence-corrected chi connectivity index (χ1v) is 11.4. The lowest BCUT2D eigenvalue weighted by molar-refractivity contribution is -0.153. The van der Waals surface area contributed by atoms with Gasteiger partial charge >= 0.3 is 5.97 Å². The van der Waals surface area contributed by atoms with Gasteiger partial charge in [0.2, 0.25) is 12.1 Å². The summed E-state index contributed by atoms with van der Waals surface area (Å²) in [4.78, 5) is 38.2. The van der Waals surface area contributed by atoms with Crippen molar-refractivity contribution in [3.05, 3.63) is 35.1 Å². The van der Waals surface area contributed by atoms with Crippen LogP contribution < -0.4 is 0 Å². The summed E-state index contributed by atoms with van der Waals surface area (Å²) in [5.41, 5.74) is -1.74. The summed E-state index contributed by atoms with van der Waals surface area (Å²) in [7, 11) is 0. The molecule has 4 aliphatic carbocycles. The molecule has 2 saturated carbocycles. The Morgan fingerprint density at radius 1 is 1.12 bits per heavy atom. The van der Waals surface area contributed by atoms with Crippen molar-refractivity contribution in [3.8, 4) is 0 Å². The van der Waals surface area contributed by atoms with E-state index in [9.17, 15) is 24.6 Å². The minimum absolute atomic E-state index is 0.110. The van der Waals surface area contributed by atoms with Crippen LogP contribution in [0.5, 0.6) is 0 Å². The number of esters is 1. The van der Waals surface area contributed by atoms with E-state index in [4.69, 9.17) is 9.47 Å². The summed E-state index contributed by atoms with van der Waals surface area (Å²) < 4.78 is 11.3. The van der Waals surface area contributed by atoms with Crippen molar-refractivity contribution in [1.29, 1.82) is 0 Å². The van der Waals surface area contributed by atoms with Gasteiger partial charge in [-0.15, -0.1) is 0 Å². The van der Waals surface area contributed by atoms with E-state index in [1.54, 1.807) is 19.9 Å². The second kappa shape index (κ2) is 5.62. The number of hydrogen-bond donors (Lipinski definition) is 2. The second-order valence-electron chi connectivity index (χ2n) is 11.4. The molecule has 7 nitrogen and oxygen atoms in total. The molecule has 8 atom stereocenters. The molecular formula is C25H28O7. The zero-order valence-electron chi connectivity index (χ0n) is 18.7. The summed E-state index contributed by atoms with van der Waals surface area (Å²) >= 11 is 0. The van der Waals surface area contributed by atoms with Crippen LogP contribution in [0.15, 0.2) is 35.1 Å². The first-order valence-electron chi connectivity index (χ1n) is 11.4. The Labute approximate surface area is 186 Å². The maximum atomic E-state index is 13.7. The van der Waals surface area contributed by atoms with Crippen LogP contribution in [-0.2, 0) is 23.9 Å². The molecule has 2 aliphatic heterocycles. The molecule has 3 fully saturated rings. The zero-order chi connectivity index (χ0) is 23.0. The van der Waals surface area contributed by atoms with Crippen LogP contribution in [0.2, 0.25) is 0 Å². The number of carbonyl (C=O) groups excluding carboxylic acids is 3. The zero-order valence-corrected chi connectivity index (χ0v) is 18.7. The lowest BCUT2D eigenvalue weighted by Gasteiger charge is -2.57. The SMILES string of the molecule is CC1(C)C(=O)C=CC2(C)C1=C(O)C(=O)C1C2CCC2(C)C(C3=CC(=O)OC3O)CC3OC312. The highest BCUT2D eigenvalue weighted by molar-refractivity contribution is 6.05. The van der Waals surface area contributed by atoms with Crippen molar-refractivity contribution >= 4 is 17.5 Å². The topological polar surface area (TPSA) is 113 Å². The first-order chi connectivity index (χ1) is 14.9. The van der Waals surface area contributed by atoms with Crippen LogP contribution in [0.4, 0.5) is 0 Å². The van der Waals surface area contributed by atoms with Gasteiger partial charge in [0.05, 0.1) is 17.4 Å². The number of epoxide rings is 1. The van der Waals surface area contributed by atoms with Crippen molar-refractivity contribution in [2.24, 2.45) is 34.0 Å². The average Bonchev–Trinajstić information content (AvgIpc) is 3.23. The van der Waals surface area contributed by atoms with Gasteiger partial charge in [-0.3, -0.25) is 9.59 Å². The number of aliphatic hydroxyl groups excluding tert-OH is 2. The minimum atomic E-state index is -1.26. The van der Waals surface area contributed by atoms with Crippen LogP contribution >= 0.6 is 0 Å². The second-order valence-corrected chi connectivity index (χ2v) is 11.4. The van der Waals surface area contributed by atoms with E-state index in [2.05, 4.69) is 6.92 Å². The van der Waals surface area contributed by atoms with E-state index in [0.717, 1.165) is 6.42 Å². The van der Waals surface area contributed by atoms with E-state index >= 15 is 0 Å². The monoisotopic (exact) mass is 440 g/mol. The summed E-state index contributed by atoms with van der Waals surface area (Å²) in [6.07, 6.45) is 5.45. The van der Waals surface area contributed by atoms with Gasteiger partial charge in [-0.2, -0.15) is 0 Å². The van der Waals surface area contributed by atoms with Gasteiger partial charge in [0.15, 0.2) is 11.5 Å². The molecule has 170 valence electrons. The summed E-state index contributed by atoms with van der Waals surface area (Å²) in [6.45, 7) is 7.64. The van der Waals surface area contributed by atoms with Gasteiger partial charge in [0.1, 0.15) is 5.60 Å². The van der Waals surface area contributed by atoms with Crippen molar-refractivity contribution in [2.45, 2.75) is 65.0 Å². The van der Waals surface area contributed by atoms with Gasteiger partial charge in [-0.1, -0.05) is 19.9 Å². The van der Waals surface area contributed by atoms with Crippen LogP contribution in [0.1, 0.15) is 47.0 Å². The lowest BCUT2D eigenvalue weighted by atomic mass is 9.44. The Morgan fingerprint density at radius 2 is 1.84 bits per heavy atom. The van der Waals surface area contributed by atoms with E-state index in [-0.39, 0.29) is 35.3 Å². The normalized spacial score (nSPS) is 50.3. The number of ether oxygens (including phenoxy) is 2. The Balaban J connectivity index is 1.49. The van der Waals surface area contributed by atoms with Crippen molar-refractivity contribution in [1.82, 2.24) is 0 Å². The number of aliphatic hydroxyl groups is 2. The third-order valence-electron chi connectivity index (χ3n) is 9.79. The number of cyclic esters (lactones) is 1. The molecule has 8 unspecified atom stereocenters. The molecule has 2 heterocycles. The predicted octanol–water partition coefficient (Wildman–Crippen LogP) is 2.54. The van der Waals surface area contributed by atoms with E-state index < -0.39 is 40.0 Å². The van der Waals surface area contributed by atoms with Crippen LogP contribution in [0, 0.1) is 34.0 Å². The number of carbonyl (C=O) groups is 3. The highest BCUT2D eigenvalue weighted by Crippen LogP contribution is 2.76. The number of Topliss-reactive ketones (excluding diaryl/α,β-unsaturated/α-hetero) is 1.